The third-order valence-electron chi connectivity index (χ3n) is 3.15. The lowest BCUT2D eigenvalue weighted by atomic mass is 9.95. The smallest absolute Gasteiger partial charge is 0.103 e. The molecule has 0 spiro atoms. The first-order valence-electron chi connectivity index (χ1n) is 5.92. The molecule has 1 aromatic carbocycles. The molecular formula is C13H18N2S. The van der Waals surface area contributed by atoms with Crippen molar-refractivity contribution in [2.45, 2.75) is 38.1 Å². The number of rotatable bonds is 3. The topological polar surface area (TPSA) is 38.0 Å². The Morgan fingerprint density at radius 1 is 1.12 bits per heavy atom. The molecule has 1 aromatic rings. The molecule has 1 aliphatic rings. The van der Waals surface area contributed by atoms with Crippen LogP contribution in [0.3, 0.4) is 0 Å². The average Bonchev–Trinajstić information content (AvgIpc) is 2.31. The number of nitrogens with two attached hydrogens (primary N) is 1. The second-order valence-electron chi connectivity index (χ2n) is 4.42. The van der Waals surface area contributed by atoms with Gasteiger partial charge in [0.1, 0.15) is 4.99 Å². The highest BCUT2D eigenvalue weighted by Gasteiger charge is 2.12. The number of anilines is 1. The quantitative estimate of drug-likeness (QED) is 0.789. The van der Waals surface area contributed by atoms with Crippen molar-refractivity contribution in [1.29, 1.82) is 0 Å². The average molecular weight is 234 g/mol. The minimum atomic E-state index is 0.462. The fourth-order valence-electron chi connectivity index (χ4n) is 2.21. The Morgan fingerprint density at radius 2 is 1.75 bits per heavy atom. The molecule has 1 saturated carbocycles. The lowest BCUT2D eigenvalue weighted by Crippen LogP contribution is -2.22. The highest BCUT2D eigenvalue weighted by Crippen LogP contribution is 2.21. The number of benzene rings is 1. The molecule has 0 aliphatic heterocycles. The first kappa shape index (κ1) is 11.4. The lowest BCUT2D eigenvalue weighted by molar-refractivity contribution is 0.463. The van der Waals surface area contributed by atoms with E-state index < -0.39 is 0 Å². The number of thiocarbonyl (C=S) groups is 1. The van der Waals surface area contributed by atoms with Crippen LogP contribution in [0.4, 0.5) is 5.69 Å². The van der Waals surface area contributed by atoms with Crippen LogP contribution in [0, 0.1) is 0 Å². The van der Waals surface area contributed by atoms with Crippen LogP contribution >= 0.6 is 12.2 Å². The van der Waals surface area contributed by atoms with Crippen molar-refractivity contribution in [2.75, 3.05) is 5.32 Å². The van der Waals surface area contributed by atoms with Crippen molar-refractivity contribution in [3.05, 3.63) is 29.8 Å². The zero-order valence-corrected chi connectivity index (χ0v) is 10.2. The van der Waals surface area contributed by atoms with E-state index in [1.807, 2.05) is 12.1 Å². The van der Waals surface area contributed by atoms with Crippen molar-refractivity contribution in [3.8, 4) is 0 Å². The fraction of sp³-hybridized carbons (Fsp3) is 0.462. The van der Waals surface area contributed by atoms with E-state index in [0.717, 1.165) is 5.56 Å². The van der Waals surface area contributed by atoms with E-state index in [9.17, 15) is 0 Å². The summed E-state index contributed by atoms with van der Waals surface area (Å²) in [4.78, 5) is 0.462. The molecule has 0 unspecified atom stereocenters. The van der Waals surface area contributed by atoms with Gasteiger partial charge in [0.2, 0.25) is 0 Å². The van der Waals surface area contributed by atoms with Gasteiger partial charge in [-0.25, -0.2) is 0 Å². The van der Waals surface area contributed by atoms with Crippen LogP contribution in [-0.2, 0) is 0 Å². The molecule has 2 nitrogen and oxygen atoms in total. The highest BCUT2D eigenvalue weighted by atomic mass is 32.1. The zero-order chi connectivity index (χ0) is 11.4. The molecule has 0 amide bonds. The molecule has 16 heavy (non-hydrogen) atoms. The SMILES string of the molecule is NC(=S)c1ccc(NC2CCCCC2)cc1. The van der Waals surface area contributed by atoms with Gasteiger partial charge >= 0.3 is 0 Å². The maximum Gasteiger partial charge on any atom is 0.103 e. The van der Waals surface area contributed by atoms with Crippen molar-refractivity contribution in [3.63, 3.8) is 0 Å². The molecule has 1 fully saturated rings. The number of hydrogen-bond donors (Lipinski definition) is 2. The van der Waals surface area contributed by atoms with Crippen molar-refractivity contribution >= 4 is 22.9 Å². The van der Waals surface area contributed by atoms with E-state index >= 15 is 0 Å². The van der Waals surface area contributed by atoms with Gasteiger partial charge in [-0.15, -0.1) is 0 Å². The summed E-state index contributed by atoms with van der Waals surface area (Å²) in [6.45, 7) is 0. The van der Waals surface area contributed by atoms with Gasteiger partial charge in [-0.1, -0.05) is 31.5 Å². The van der Waals surface area contributed by atoms with Gasteiger partial charge in [-0.05, 0) is 37.1 Å². The molecular weight excluding hydrogens is 216 g/mol. The Bertz CT molecular complexity index is 353. The summed E-state index contributed by atoms with van der Waals surface area (Å²) in [6.07, 6.45) is 6.66. The van der Waals surface area contributed by atoms with E-state index in [-0.39, 0.29) is 0 Å². The van der Waals surface area contributed by atoms with E-state index in [4.69, 9.17) is 18.0 Å². The molecule has 3 heteroatoms. The van der Waals surface area contributed by atoms with Gasteiger partial charge in [0.15, 0.2) is 0 Å². The number of nitrogens with one attached hydrogen (secondary N) is 1. The van der Waals surface area contributed by atoms with Crippen LogP contribution in [0.15, 0.2) is 24.3 Å². The normalized spacial score (nSPS) is 17.0. The van der Waals surface area contributed by atoms with Crippen LogP contribution < -0.4 is 11.1 Å². The van der Waals surface area contributed by atoms with E-state index in [0.29, 0.717) is 11.0 Å². The van der Waals surface area contributed by atoms with Crippen LogP contribution in [-0.4, -0.2) is 11.0 Å². The minimum Gasteiger partial charge on any atom is -0.389 e. The Morgan fingerprint density at radius 3 is 2.31 bits per heavy atom. The third kappa shape index (κ3) is 2.95. The largest absolute Gasteiger partial charge is 0.389 e. The first-order valence-corrected chi connectivity index (χ1v) is 6.33. The van der Waals surface area contributed by atoms with Crippen LogP contribution in [0.2, 0.25) is 0 Å². The monoisotopic (exact) mass is 234 g/mol. The third-order valence-corrected chi connectivity index (χ3v) is 3.38. The van der Waals surface area contributed by atoms with Crippen LogP contribution in [0.5, 0.6) is 0 Å². The molecule has 86 valence electrons. The summed E-state index contributed by atoms with van der Waals surface area (Å²) >= 11 is 4.92. The Hall–Kier alpha value is -1.09. The summed E-state index contributed by atoms with van der Waals surface area (Å²) in [6, 6.07) is 8.72. The van der Waals surface area contributed by atoms with Crippen molar-refractivity contribution < 1.29 is 0 Å². The van der Waals surface area contributed by atoms with E-state index in [2.05, 4.69) is 17.4 Å². The standard InChI is InChI=1S/C13H18N2S/c14-13(16)10-6-8-12(9-7-10)15-11-4-2-1-3-5-11/h6-9,11,15H,1-5H2,(H2,14,16). The summed E-state index contributed by atoms with van der Waals surface area (Å²) in [5.74, 6) is 0. The molecule has 0 radical (unpaired) electrons. The minimum absolute atomic E-state index is 0.462. The predicted molar refractivity (Wildman–Crippen MR) is 72.8 cm³/mol. The zero-order valence-electron chi connectivity index (χ0n) is 9.41. The molecule has 0 atom stereocenters. The van der Waals surface area contributed by atoms with E-state index in [1.165, 1.54) is 37.8 Å². The second-order valence-corrected chi connectivity index (χ2v) is 4.86. The molecule has 2 rings (SSSR count). The molecule has 0 bridgehead atoms. The van der Waals surface area contributed by atoms with Crippen molar-refractivity contribution in [2.24, 2.45) is 5.73 Å². The summed E-state index contributed by atoms with van der Waals surface area (Å²) in [7, 11) is 0. The van der Waals surface area contributed by atoms with Gasteiger partial charge in [-0.3, -0.25) is 0 Å². The fourth-order valence-corrected chi connectivity index (χ4v) is 2.35. The highest BCUT2D eigenvalue weighted by molar-refractivity contribution is 7.80. The van der Waals surface area contributed by atoms with E-state index in [1.54, 1.807) is 0 Å². The maximum atomic E-state index is 5.56. The lowest BCUT2D eigenvalue weighted by Gasteiger charge is -2.23. The van der Waals surface area contributed by atoms with Gasteiger partial charge in [0, 0.05) is 17.3 Å². The Balaban J connectivity index is 1.96. The molecule has 0 aromatic heterocycles. The molecule has 0 heterocycles. The van der Waals surface area contributed by atoms with Gasteiger partial charge < -0.3 is 11.1 Å². The van der Waals surface area contributed by atoms with Gasteiger partial charge in [0.25, 0.3) is 0 Å². The second kappa shape index (κ2) is 5.30. The summed E-state index contributed by atoms with van der Waals surface area (Å²) in [5.41, 5.74) is 7.67. The Labute approximate surface area is 102 Å². The van der Waals surface area contributed by atoms with Crippen LogP contribution in [0.25, 0.3) is 0 Å². The molecule has 1 aliphatic carbocycles. The maximum absolute atomic E-state index is 5.56. The summed E-state index contributed by atoms with van der Waals surface area (Å²) < 4.78 is 0. The summed E-state index contributed by atoms with van der Waals surface area (Å²) in [5, 5.41) is 3.56. The molecule has 0 saturated heterocycles. The Kier molecular flexibility index (Phi) is 3.78. The first-order chi connectivity index (χ1) is 7.75. The number of hydrogen-bond acceptors (Lipinski definition) is 2. The molecule has 3 N–H and O–H groups in total. The van der Waals surface area contributed by atoms with Crippen LogP contribution in [0.1, 0.15) is 37.7 Å². The van der Waals surface area contributed by atoms with Gasteiger partial charge in [0.05, 0.1) is 0 Å². The van der Waals surface area contributed by atoms with Gasteiger partial charge in [-0.2, -0.15) is 0 Å². The van der Waals surface area contributed by atoms with Crippen molar-refractivity contribution in [1.82, 2.24) is 0 Å². The predicted octanol–water partition coefficient (Wildman–Crippen LogP) is 3.07.